The summed E-state index contributed by atoms with van der Waals surface area (Å²) in [6, 6.07) is 0. The van der Waals surface area contributed by atoms with Gasteiger partial charge in [-0.15, -0.1) is 0 Å². The molecule has 0 radical (unpaired) electrons. The zero-order valence-corrected chi connectivity index (χ0v) is 20.7. The van der Waals surface area contributed by atoms with E-state index in [1.54, 1.807) is 6.92 Å². The van der Waals surface area contributed by atoms with Crippen LogP contribution in [0, 0.1) is 0 Å². The van der Waals surface area contributed by atoms with Gasteiger partial charge in [0.15, 0.2) is 0 Å². The normalized spacial score (nSPS) is 10.8. The Labute approximate surface area is 200 Å². The summed E-state index contributed by atoms with van der Waals surface area (Å²) in [5, 5.41) is 0. The predicted octanol–water partition coefficient (Wildman–Crippen LogP) is 2.20. The van der Waals surface area contributed by atoms with E-state index in [1.165, 1.54) is 0 Å². The Kier molecular flexibility index (Phi) is 24.1. The fourth-order valence-corrected chi connectivity index (χ4v) is 2.27. The molecule has 0 aromatic heterocycles. The number of hydrogen-bond acceptors (Lipinski definition) is 12. The number of hydrogen-bond donors (Lipinski definition) is 4. The van der Waals surface area contributed by atoms with Crippen molar-refractivity contribution < 1.29 is 38.1 Å². The quantitative estimate of drug-likeness (QED) is 0.116. The van der Waals surface area contributed by atoms with Gasteiger partial charge >= 0.3 is 23.9 Å². The van der Waals surface area contributed by atoms with Crippen molar-refractivity contribution in [3.05, 3.63) is 0 Å². The van der Waals surface area contributed by atoms with E-state index in [0.717, 1.165) is 0 Å². The summed E-state index contributed by atoms with van der Waals surface area (Å²) in [6.07, 6.45) is 1.25. The molecular weight excluding hydrogens is 472 g/mol. The van der Waals surface area contributed by atoms with Gasteiger partial charge in [-0.1, -0.05) is 0 Å². The van der Waals surface area contributed by atoms with Gasteiger partial charge in [-0.05, 0) is 6.92 Å². The summed E-state index contributed by atoms with van der Waals surface area (Å²) in [5.41, 5.74) is 0. The van der Waals surface area contributed by atoms with E-state index in [2.05, 4.69) is 50.5 Å². The van der Waals surface area contributed by atoms with Crippen LogP contribution in [0.4, 0.5) is 0 Å². The average molecular weight is 505 g/mol. The van der Waals surface area contributed by atoms with Crippen LogP contribution in [0.15, 0.2) is 0 Å². The lowest BCUT2D eigenvalue weighted by atomic mass is 10.4. The first-order valence-electron chi connectivity index (χ1n) is 9.40. The van der Waals surface area contributed by atoms with Crippen LogP contribution in [0.3, 0.4) is 0 Å². The Bertz CT molecular complexity index is 471. The SMILES string of the molecule is CC(COC(=O)CCS)OC(=O)CCS.O=C(CCS)OCCCOC(=O)CCS. The summed E-state index contributed by atoms with van der Waals surface area (Å²) in [4.78, 5) is 43.6. The Hall–Kier alpha value is -0.720. The van der Waals surface area contributed by atoms with Crippen molar-refractivity contribution in [3.63, 3.8) is 0 Å². The number of carbonyl (C=O) groups excluding carboxylic acids is 4. The van der Waals surface area contributed by atoms with Crippen LogP contribution in [0.25, 0.3) is 0 Å². The maximum Gasteiger partial charge on any atom is 0.307 e. The maximum absolute atomic E-state index is 11.0. The number of rotatable bonds is 15. The van der Waals surface area contributed by atoms with E-state index in [-0.39, 0.29) is 56.5 Å². The van der Waals surface area contributed by atoms with Gasteiger partial charge in [-0.3, -0.25) is 19.2 Å². The molecule has 0 aliphatic heterocycles. The van der Waals surface area contributed by atoms with Crippen molar-refractivity contribution in [1.82, 2.24) is 0 Å². The van der Waals surface area contributed by atoms with Crippen LogP contribution in [0.2, 0.25) is 0 Å². The van der Waals surface area contributed by atoms with Crippen LogP contribution in [0.1, 0.15) is 39.0 Å². The monoisotopic (exact) mass is 504 g/mol. The fourth-order valence-electron chi connectivity index (χ4n) is 1.54. The molecule has 0 amide bonds. The molecule has 0 N–H and O–H groups in total. The Balaban J connectivity index is 0. The van der Waals surface area contributed by atoms with Crippen molar-refractivity contribution in [1.29, 1.82) is 0 Å². The van der Waals surface area contributed by atoms with E-state index >= 15 is 0 Å². The molecule has 1 atom stereocenters. The minimum absolute atomic E-state index is 0.0882. The molecule has 0 aromatic rings. The second-order valence-corrected chi connectivity index (χ2v) is 7.46. The zero-order valence-electron chi connectivity index (χ0n) is 17.1. The van der Waals surface area contributed by atoms with E-state index in [4.69, 9.17) is 18.9 Å². The highest BCUT2D eigenvalue weighted by atomic mass is 32.1. The van der Waals surface area contributed by atoms with Crippen molar-refractivity contribution >= 4 is 74.4 Å². The molecule has 0 aliphatic carbocycles. The van der Waals surface area contributed by atoms with Crippen LogP contribution in [-0.2, 0) is 38.1 Å². The van der Waals surface area contributed by atoms with Gasteiger partial charge < -0.3 is 18.9 Å². The molecule has 176 valence electrons. The van der Waals surface area contributed by atoms with Gasteiger partial charge in [-0.2, -0.15) is 50.5 Å². The molecule has 0 saturated heterocycles. The van der Waals surface area contributed by atoms with Gasteiger partial charge in [0, 0.05) is 29.4 Å². The van der Waals surface area contributed by atoms with Crippen LogP contribution < -0.4 is 0 Å². The van der Waals surface area contributed by atoms with Gasteiger partial charge in [-0.25, -0.2) is 0 Å². The predicted molar refractivity (Wildman–Crippen MR) is 127 cm³/mol. The van der Waals surface area contributed by atoms with Crippen molar-refractivity contribution in [3.8, 4) is 0 Å². The third-order valence-electron chi connectivity index (χ3n) is 2.89. The second-order valence-electron chi connectivity index (χ2n) is 5.67. The molecule has 12 heteroatoms. The van der Waals surface area contributed by atoms with Crippen LogP contribution in [-0.4, -0.2) is 72.8 Å². The highest BCUT2D eigenvalue weighted by molar-refractivity contribution is 7.80. The van der Waals surface area contributed by atoms with Crippen molar-refractivity contribution in [2.45, 2.75) is 45.1 Å². The smallest absolute Gasteiger partial charge is 0.307 e. The summed E-state index contributed by atoms with van der Waals surface area (Å²) in [7, 11) is 0. The minimum atomic E-state index is -0.416. The number of carbonyl (C=O) groups is 4. The van der Waals surface area contributed by atoms with Gasteiger partial charge in [0.25, 0.3) is 0 Å². The van der Waals surface area contributed by atoms with E-state index in [0.29, 0.717) is 42.3 Å². The molecule has 0 bridgehead atoms. The lowest BCUT2D eigenvalue weighted by molar-refractivity contribution is -0.157. The third-order valence-corrected chi connectivity index (χ3v) is 3.78. The molecule has 0 saturated carbocycles. The molecule has 1 unspecified atom stereocenters. The highest BCUT2D eigenvalue weighted by Crippen LogP contribution is 1.99. The molecule has 0 spiro atoms. The first kappa shape index (κ1) is 31.5. The lowest BCUT2D eigenvalue weighted by Crippen LogP contribution is -2.22. The molecule has 0 aromatic carbocycles. The van der Waals surface area contributed by atoms with E-state index in [9.17, 15) is 19.2 Å². The van der Waals surface area contributed by atoms with Crippen LogP contribution >= 0.6 is 50.5 Å². The van der Waals surface area contributed by atoms with Crippen molar-refractivity contribution in [2.75, 3.05) is 42.8 Å². The fraction of sp³-hybridized carbons (Fsp3) is 0.778. The molecular formula is C18H32O8S4. The minimum Gasteiger partial charge on any atom is -0.466 e. The molecule has 8 nitrogen and oxygen atoms in total. The number of ether oxygens (including phenoxy) is 4. The largest absolute Gasteiger partial charge is 0.466 e. The average Bonchev–Trinajstić information content (AvgIpc) is 2.67. The Morgan fingerprint density at radius 3 is 1.40 bits per heavy atom. The highest BCUT2D eigenvalue weighted by Gasteiger charge is 2.11. The summed E-state index contributed by atoms with van der Waals surface area (Å²) >= 11 is 15.6. The summed E-state index contributed by atoms with van der Waals surface area (Å²) in [5.74, 6) is 0.659. The Morgan fingerprint density at radius 2 is 1.00 bits per heavy atom. The first-order valence-corrected chi connectivity index (χ1v) is 11.9. The summed E-state index contributed by atoms with van der Waals surface area (Å²) in [6.45, 7) is 2.32. The van der Waals surface area contributed by atoms with Gasteiger partial charge in [0.1, 0.15) is 12.7 Å². The molecule has 0 aliphatic rings. The lowest BCUT2D eigenvalue weighted by Gasteiger charge is -2.12. The first-order chi connectivity index (χ1) is 14.3. The van der Waals surface area contributed by atoms with Crippen molar-refractivity contribution in [2.24, 2.45) is 0 Å². The third kappa shape index (κ3) is 23.6. The van der Waals surface area contributed by atoms with E-state index in [1.807, 2.05) is 0 Å². The van der Waals surface area contributed by atoms with Gasteiger partial charge in [0.2, 0.25) is 0 Å². The summed E-state index contributed by atoms with van der Waals surface area (Å²) < 4.78 is 19.4. The molecule has 0 fully saturated rings. The molecule has 0 heterocycles. The maximum atomic E-state index is 11.0. The van der Waals surface area contributed by atoms with Crippen LogP contribution in [0.5, 0.6) is 0 Å². The molecule has 30 heavy (non-hydrogen) atoms. The number of thiol groups is 4. The second kappa shape index (κ2) is 23.0. The Morgan fingerprint density at radius 1 is 0.633 bits per heavy atom. The van der Waals surface area contributed by atoms with Gasteiger partial charge in [0.05, 0.1) is 38.9 Å². The van der Waals surface area contributed by atoms with E-state index < -0.39 is 6.10 Å². The topological polar surface area (TPSA) is 105 Å². The standard InChI is InChI=1S/2C9H16O4S2/c1-7(13-9(11)3-5-15)6-12-8(10)2-4-14;10-8(2-6-14)12-4-1-5-13-9(11)3-7-15/h7,14-15H,2-6H2,1H3;14-15H,1-7H2. The number of esters is 4. The zero-order chi connectivity index (χ0) is 23.2. The molecule has 0 rings (SSSR count).